The van der Waals surface area contributed by atoms with Gasteiger partial charge in [-0.2, -0.15) is 0 Å². The normalized spacial score (nSPS) is 10.9. The van der Waals surface area contributed by atoms with E-state index in [-0.39, 0.29) is 17.2 Å². The lowest BCUT2D eigenvalue weighted by atomic mass is 10.2. The molecule has 2 aromatic heterocycles. The zero-order valence-electron chi connectivity index (χ0n) is 16.5. The summed E-state index contributed by atoms with van der Waals surface area (Å²) in [4.78, 5) is 30.0. The number of nitrogens with one attached hydrogen (secondary N) is 1. The summed E-state index contributed by atoms with van der Waals surface area (Å²) in [6.07, 6.45) is 0. The molecule has 0 bridgehead atoms. The first kappa shape index (κ1) is 20.2. The molecule has 0 aliphatic carbocycles. The van der Waals surface area contributed by atoms with Gasteiger partial charge in [0.15, 0.2) is 4.34 Å². The molecule has 0 unspecified atom stereocenters. The number of thiazole rings is 1. The summed E-state index contributed by atoms with van der Waals surface area (Å²) in [5.41, 5.74) is 3.44. The Morgan fingerprint density at radius 2 is 1.77 bits per heavy atom. The number of hydrogen-bond acceptors (Lipinski definition) is 5. The second kappa shape index (κ2) is 8.73. The van der Waals surface area contributed by atoms with E-state index in [1.54, 1.807) is 16.4 Å². The Morgan fingerprint density at radius 3 is 2.47 bits per heavy atom. The Kier molecular flexibility index (Phi) is 5.87. The zero-order valence-corrected chi connectivity index (χ0v) is 18.2. The maximum Gasteiger partial charge on any atom is 0.295 e. The van der Waals surface area contributed by atoms with Crippen molar-refractivity contribution in [2.75, 3.05) is 11.1 Å². The zero-order chi connectivity index (χ0) is 21.1. The molecule has 1 amide bonds. The lowest BCUT2D eigenvalue weighted by Crippen LogP contribution is -2.23. The smallest absolute Gasteiger partial charge is 0.295 e. The van der Waals surface area contributed by atoms with Crippen molar-refractivity contribution in [3.05, 3.63) is 82.1 Å². The van der Waals surface area contributed by atoms with Crippen LogP contribution in [0.15, 0.2) is 75.2 Å². The van der Waals surface area contributed by atoms with E-state index in [0.717, 1.165) is 21.3 Å². The number of amides is 1. The van der Waals surface area contributed by atoms with Crippen LogP contribution in [-0.4, -0.2) is 26.0 Å². The van der Waals surface area contributed by atoms with Crippen molar-refractivity contribution in [2.24, 2.45) is 7.05 Å². The molecule has 8 heteroatoms. The highest BCUT2D eigenvalue weighted by Gasteiger charge is 2.18. The average molecular weight is 437 g/mol. The standard InChI is InChI=1S/C22H20N4O2S2/c1-15-20(21(28)26(25(15)2)17-11-7-4-8-12-17)24-19(27)14-30-22-23-18(13-29-22)16-9-5-3-6-10-16/h3-13H,14H2,1-2H3,(H,24,27). The van der Waals surface area contributed by atoms with E-state index >= 15 is 0 Å². The van der Waals surface area contributed by atoms with Crippen LogP contribution in [0.4, 0.5) is 5.69 Å². The van der Waals surface area contributed by atoms with Gasteiger partial charge in [-0.15, -0.1) is 11.3 Å². The molecule has 2 aromatic carbocycles. The molecule has 0 atom stereocenters. The van der Waals surface area contributed by atoms with E-state index in [1.165, 1.54) is 23.1 Å². The molecule has 4 rings (SSSR count). The summed E-state index contributed by atoms with van der Waals surface area (Å²) >= 11 is 2.87. The number of thioether (sulfide) groups is 1. The molecule has 4 aromatic rings. The van der Waals surface area contributed by atoms with Gasteiger partial charge in [-0.3, -0.25) is 14.3 Å². The summed E-state index contributed by atoms with van der Waals surface area (Å²) in [7, 11) is 1.80. The minimum atomic E-state index is -0.250. The van der Waals surface area contributed by atoms with Gasteiger partial charge in [0.25, 0.3) is 5.56 Å². The highest BCUT2D eigenvalue weighted by Crippen LogP contribution is 2.28. The molecule has 30 heavy (non-hydrogen) atoms. The van der Waals surface area contributed by atoms with Gasteiger partial charge in [-0.25, -0.2) is 9.67 Å². The monoisotopic (exact) mass is 436 g/mol. The molecule has 0 aliphatic heterocycles. The van der Waals surface area contributed by atoms with Gasteiger partial charge >= 0.3 is 0 Å². The molecule has 0 spiro atoms. The Morgan fingerprint density at radius 1 is 1.10 bits per heavy atom. The number of carbonyl (C=O) groups is 1. The minimum Gasteiger partial charge on any atom is -0.319 e. The van der Waals surface area contributed by atoms with Gasteiger partial charge in [0.1, 0.15) is 5.69 Å². The van der Waals surface area contributed by atoms with Gasteiger partial charge in [-0.05, 0) is 19.1 Å². The Balaban J connectivity index is 1.45. The number of aromatic nitrogens is 3. The van der Waals surface area contributed by atoms with E-state index in [0.29, 0.717) is 11.4 Å². The van der Waals surface area contributed by atoms with Crippen LogP contribution in [0.5, 0.6) is 0 Å². The molecule has 0 aliphatic rings. The average Bonchev–Trinajstić information content (AvgIpc) is 3.33. The first-order valence-corrected chi connectivity index (χ1v) is 11.2. The number of hydrogen-bond donors (Lipinski definition) is 1. The molecule has 0 radical (unpaired) electrons. The van der Waals surface area contributed by atoms with E-state index in [1.807, 2.05) is 73.0 Å². The fraction of sp³-hybridized carbons (Fsp3) is 0.136. The van der Waals surface area contributed by atoms with Crippen LogP contribution >= 0.6 is 23.1 Å². The van der Waals surface area contributed by atoms with E-state index in [4.69, 9.17) is 0 Å². The van der Waals surface area contributed by atoms with Crippen LogP contribution in [0, 0.1) is 6.92 Å². The summed E-state index contributed by atoms with van der Waals surface area (Å²) < 4.78 is 4.11. The quantitative estimate of drug-likeness (QED) is 0.457. The predicted molar refractivity (Wildman–Crippen MR) is 123 cm³/mol. The largest absolute Gasteiger partial charge is 0.319 e. The topological polar surface area (TPSA) is 68.9 Å². The highest BCUT2D eigenvalue weighted by atomic mass is 32.2. The molecule has 1 N–H and O–H groups in total. The van der Waals surface area contributed by atoms with Crippen molar-refractivity contribution in [3.63, 3.8) is 0 Å². The van der Waals surface area contributed by atoms with Crippen molar-refractivity contribution in [2.45, 2.75) is 11.3 Å². The Bertz CT molecular complexity index is 1230. The maximum atomic E-state index is 12.9. The fourth-order valence-electron chi connectivity index (χ4n) is 3.08. The number of benzene rings is 2. The van der Waals surface area contributed by atoms with Crippen LogP contribution in [0.25, 0.3) is 16.9 Å². The van der Waals surface area contributed by atoms with E-state index in [9.17, 15) is 9.59 Å². The molecular weight excluding hydrogens is 416 g/mol. The van der Waals surface area contributed by atoms with Gasteiger partial charge in [0.05, 0.1) is 22.8 Å². The third-order valence-corrected chi connectivity index (χ3v) is 6.72. The molecule has 0 saturated carbocycles. The molecule has 0 saturated heterocycles. The third-order valence-electron chi connectivity index (χ3n) is 4.70. The molecule has 152 valence electrons. The second-order valence-electron chi connectivity index (χ2n) is 6.64. The fourth-order valence-corrected chi connectivity index (χ4v) is 4.72. The van der Waals surface area contributed by atoms with Crippen LogP contribution < -0.4 is 10.9 Å². The first-order chi connectivity index (χ1) is 14.5. The summed E-state index contributed by atoms with van der Waals surface area (Å²) in [6.45, 7) is 1.82. The first-order valence-electron chi connectivity index (χ1n) is 9.32. The van der Waals surface area contributed by atoms with E-state index in [2.05, 4.69) is 10.3 Å². The minimum absolute atomic E-state index is 0.181. The molecule has 6 nitrogen and oxygen atoms in total. The summed E-state index contributed by atoms with van der Waals surface area (Å²) in [6, 6.07) is 19.3. The highest BCUT2D eigenvalue weighted by molar-refractivity contribution is 8.01. The SMILES string of the molecule is Cc1c(NC(=O)CSc2nc(-c3ccccc3)cs2)c(=O)n(-c2ccccc2)n1C. The number of rotatable bonds is 6. The lowest BCUT2D eigenvalue weighted by molar-refractivity contribution is -0.113. The van der Waals surface area contributed by atoms with Crippen LogP contribution in [-0.2, 0) is 11.8 Å². The van der Waals surface area contributed by atoms with Crippen molar-refractivity contribution in [3.8, 4) is 16.9 Å². The van der Waals surface area contributed by atoms with Crippen molar-refractivity contribution >= 4 is 34.7 Å². The van der Waals surface area contributed by atoms with Crippen LogP contribution in [0.1, 0.15) is 5.69 Å². The number of anilines is 1. The van der Waals surface area contributed by atoms with Gasteiger partial charge in [0.2, 0.25) is 5.91 Å². The number of nitrogens with zero attached hydrogens (tertiary/aromatic N) is 3. The second-order valence-corrected chi connectivity index (χ2v) is 8.72. The van der Waals surface area contributed by atoms with Crippen molar-refractivity contribution < 1.29 is 4.79 Å². The summed E-state index contributed by atoms with van der Waals surface area (Å²) in [5.74, 6) is -0.0524. The summed E-state index contributed by atoms with van der Waals surface area (Å²) in [5, 5.41) is 4.76. The van der Waals surface area contributed by atoms with E-state index < -0.39 is 0 Å². The molecule has 0 fully saturated rings. The van der Waals surface area contributed by atoms with Crippen molar-refractivity contribution in [1.82, 2.24) is 14.3 Å². The van der Waals surface area contributed by atoms with Crippen LogP contribution in [0.2, 0.25) is 0 Å². The molecule has 2 heterocycles. The Labute approximate surface area is 182 Å². The molecular formula is C22H20N4O2S2. The third kappa shape index (κ3) is 4.10. The maximum absolute atomic E-state index is 12.9. The van der Waals surface area contributed by atoms with Crippen molar-refractivity contribution in [1.29, 1.82) is 0 Å². The number of carbonyl (C=O) groups excluding carboxylic acids is 1. The predicted octanol–water partition coefficient (Wildman–Crippen LogP) is 4.34. The van der Waals surface area contributed by atoms with Gasteiger partial charge in [0, 0.05) is 18.0 Å². The van der Waals surface area contributed by atoms with Gasteiger partial charge < -0.3 is 5.32 Å². The van der Waals surface area contributed by atoms with Crippen LogP contribution in [0.3, 0.4) is 0 Å². The van der Waals surface area contributed by atoms with Gasteiger partial charge in [-0.1, -0.05) is 60.3 Å². The Hall–Kier alpha value is -3.10. The lowest BCUT2D eigenvalue weighted by Gasteiger charge is -2.07. The number of para-hydroxylation sites is 1.